The van der Waals surface area contributed by atoms with Crippen LogP contribution in [0, 0.1) is 0 Å². The van der Waals surface area contributed by atoms with Gasteiger partial charge in [0.15, 0.2) is 5.82 Å². The van der Waals surface area contributed by atoms with Gasteiger partial charge in [-0.3, -0.25) is 9.78 Å². The van der Waals surface area contributed by atoms with Gasteiger partial charge in [0, 0.05) is 12.4 Å². The number of carbonyl (C=O) groups is 1. The molecule has 0 unspecified atom stereocenters. The maximum Gasteiger partial charge on any atom is 0.433 e. The Balaban J connectivity index is 2.23. The highest BCUT2D eigenvalue weighted by Gasteiger charge is 2.33. The largest absolute Gasteiger partial charge is 0.433 e. The summed E-state index contributed by atoms with van der Waals surface area (Å²) in [7, 11) is 0. The number of hydrogen-bond acceptors (Lipinski definition) is 4. The van der Waals surface area contributed by atoms with E-state index in [2.05, 4.69) is 20.5 Å². The Morgan fingerprint density at radius 2 is 2.10 bits per heavy atom. The number of alkyl halides is 3. The molecule has 2 rings (SSSR count). The highest BCUT2D eigenvalue weighted by Crippen LogP contribution is 2.30. The first kappa shape index (κ1) is 14.2. The Hall–Kier alpha value is -2.22. The first-order chi connectivity index (χ1) is 9.38. The number of carbonyl (C=O) groups excluding carboxylic acids is 1. The van der Waals surface area contributed by atoms with E-state index in [9.17, 15) is 18.0 Å². The van der Waals surface area contributed by atoms with Gasteiger partial charge in [-0.1, -0.05) is 11.6 Å². The van der Waals surface area contributed by atoms with Crippen LogP contribution in [0.4, 0.5) is 19.0 Å². The number of hydrogen-bond donors (Lipinski definition) is 1. The van der Waals surface area contributed by atoms with E-state index in [4.69, 9.17) is 11.6 Å². The molecule has 0 aliphatic rings. The van der Waals surface area contributed by atoms with Gasteiger partial charge in [0.05, 0.1) is 10.6 Å². The Bertz CT molecular complexity index is 633. The molecule has 104 valence electrons. The summed E-state index contributed by atoms with van der Waals surface area (Å²) in [4.78, 5) is 15.0. The molecule has 0 atom stereocenters. The summed E-state index contributed by atoms with van der Waals surface area (Å²) in [5.41, 5.74) is -1.36. The molecule has 5 nitrogen and oxygen atoms in total. The standard InChI is InChI=1S/C11H6ClF3N4O/c12-7-4-8(11(13,14)15)16-5-6(7)10(20)18-9-2-1-3-17-19-9/h1-5H,(H,18,19,20). The van der Waals surface area contributed by atoms with E-state index < -0.39 is 17.8 Å². The van der Waals surface area contributed by atoms with Crippen molar-refractivity contribution in [2.45, 2.75) is 6.18 Å². The Kier molecular flexibility index (Phi) is 3.84. The second-order valence-corrected chi connectivity index (χ2v) is 4.02. The molecule has 0 radical (unpaired) electrons. The second-order valence-electron chi connectivity index (χ2n) is 3.61. The first-order valence-electron chi connectivity index (χ1n) is 5.20. The molecule has 1 N–H and O–H groups in total. The summed E-state index contributed by atoms with van der Waals surface area (Å²) in [6.07, 6.45) is -2.46. The van der Waals surface area contributed by atoms with Crippen LogP contribution in [0.2, 0.25) is 5.02 Å². The number of nitrogens with zero attached hydrogens (tertiary/aromatic N) is 3. The number of anilines is 1. The van der Waals surface area contributed by atoms with Crippen LogP contribution in [0.5, 0.6) is 0 Å². The third kappa shape index (κ3) is 3.21. The maximum absolute atomic E-state index is 12.4. The van der Waals surface area contributed by atoms with Gasteiger partial charge in [-0.15, -0.1) is 5.10 Å². The van der Waals surface area contributed by atoms with E-state index in [1.165, 1.54) is 18.3 Å². The van der Waals surface area contributed by atoms with Crippen molar-refractivity contribution in [1.82, 2.24) is 15.2 Å². The van der Waals surface area contributed by atoms with Crippen LogP contribution >= 0.6 is 11.6 Å². The monoisotopic (exact) mass is 302 g/mol. The minimum Gasteiger partial charge on any atom is -0.305 e. The van der Waals surface area contributed by atoms with Gasteiger partial charge in [-0.25, -0.2) is 0 Å². The first-order valence-corrected chi connectivity index (χ1v) is 5.57. The maximum atomic E-state index is 12.4. The zero-order chi connectivity index (χ0) is 14.8. The molecule has 1 amide bonds. The predicted molar refractivity (Wildman–Crippen MR) is 64.2 cm³/mol. The zero-order valence-electron chi connectivity index (χ0n) is 9.65. The van der Waals surface area contributed by atoms with Crippen molar-refractivity contribution < 1.29 is 18.0 Å². The molecular weight excluding hydrogens is 297 g/mol. The molecule has 2 aromatic rings. The van der Waals surface area contributed by atoms with Gasteiger partial charge in [-0.2, -0.15) is 18.3 Å². The summed E-state index contributed by atoms with van der Waals surface area (Å²) in [5.74, 6) is -0.579. The fourth-order valence-corrected chi connectivity index (χ4v) is 1.54. The van der Waals surface area contributed by atoms with Crippen LogP contribution in [0.15, 0.2) is 30.6 Å². The minimum atomic E-state index is -4.62. The molecule has 0 aliphatic carbocycles. The number of amides is 1. The summed E-state index contributed by atoms with van der Waals surface area (Å²) in [5, 5.41) is 9.13. The van der Waals surface area contributed by atoms with Crippen LogP contribution in [-0.2, 0) is 6.18 Å². The number of pyridine rings is 1. The summed E-state index contributed by atoms with van der Waals surface area (Å²) < 4.78 is 37.2. The van der Waals surface area contributed by atoms with Gasteiger partial charge in [-0.05, 0) is 18.2 Å². The molecule has 0 aliphatic heterocycles. The summed E-state index contributed by atoms with van der Waals surface area (Å²) in [6, 6.07) is 3.60. The fourth-order valence-electron chi connectivity index (χ4n) is 1.30. The lowest BCUT2D eigenvalue weighted by Crippen LogP contribution is -2.16. The number of aromatic nitrogens is 3. The highest BCUT2D eigenvalue weighted by molar-refractivity contribution is 6.34. The number of halogens is 4. The van der Waals surface area contributed by atoms with Crippen LogP contribution in [0.3, 0.4) is 0 Å². The summed E-state index contributed by atoms with van der Waals surface area (Å²) >= 11 is 5.66. The summed E-state index contributed by atoms with van der Waals surface area (Å²) in [6.45, 7) is 0. The van der Waals surface area contributed by atoms with Crippen LogP contribution in [0.1, 0.15) is 16.1 Å². The molecule has 0 saturated heterocycles. The highest BCUT2D eigenvalue weighted by atomic mass is 35.5. The lowest BCUT2D eigenvalue weighted by molar-refractivity contribution is -0.141. The van der Waals surface area contributed by atoms with E-state index in [0.717, 1.165) is 6.20 Å². The van der Waals surface area contributed by atoms with Crippen molar-refractivity contribution in [1.29, 1.82) is 0 Å². The molecule has 0 aromatic carbocycles. The van der Waals surface area contributed by atoms with Crippen molar-refractivity contribution in [3.63, 3.8) is 0 Å². The molecular formula is C11H6ClF3N4O. The topological polar surface area (TPSA) is 67.8 Å². The molecule has 9 heteroatoms. The third-order valence-electron chi connectivity index (χ3n) is 2.20. The normalized spacial score (nSPS) is 11.2. The SMILES string of the molecule is O=C(Nc1cccnn1)c1cnc(C(F)(F)F)cc1Cl. The Morgan fingerprint density at radius 3 is 2.65 bits per heavy atom. The fraction of sp³-hybridized carbons (Fsp3) is 0.0909. The van der Waals surface area contributed by atoms with E-state index in [0.29, 0.717) is 6.07 Å². The average Bonchev–Trinajstić information content (AvgIpc) is 2.38. The third-order valence-corrected chi connectivity index (χ3v) is 2.52. The smallest absolute Gasteiger partial charge is 0.305 e. The van der Waals surface area contributed by atoms with Gasteiger partial charge in [0.1, 0.15) is 5.69 Å². The Labute approximate surface area is 115 Å². The lowest BCUT2D eigenvalue weighted by Gasteiger charge is -2.08. The molecule has 0 spiro atoms. The van der Waals surface area contributed by atoms with Crippen molar-refractivity contribution in [3.05, 3.63) is 46.9 Å². The second kappa shape index (κ2) is 5.41. The van der Waals surface area contributed by atoms with Crippen molar-refractivity contribution in [2.24, 2.45) is 0 Å². The van der Waals surface area contributed by atoms with Crippen molar-refractivity contribution >= 4 is 23.3 Å². The molecule has 2 heterocycles. The predicted octanol–water partition coefficient (Wildman–Crippen LogP) is 2.80. The van der Waals surface area contributed by atoms with Crippen molar-refractivity contribution in [3.8, 4) is 0 Å². The van der Waals surface area contributed by atoms with Crippen LogP contribution < -0.4 is 5.32 Å². The molecule has 0 fully saturated rings. The minimum absolute atomic E-state index is 0.147. The van der Waals surface area contributed by atoms with E-state index >= 15 is 0 Å². The zero-order valence-corrected chi connectivity index (χ0v) is 10.4. The van der Waals surface area contributed by atoms with Gasteiger partial charge in [0.25, 0.3) is 5.91 Å². The molecule has 0 saturated carbocycles. The quantitative estimate of drug-likeness (QED) is 0.926. The number of rotatable bonds is 2. The lowest BCUT2D eigenvalue weighted by atomic mass is 10.2. The number of nitrogens with one attached hydrogen (secondary N) is 1. The van der Waals surface area contributed by atoms with Crippen LogP contribution in [-0.4, -0.2) is 21.1 Å². The molecule has 0 bridgehead atoms. The van der Waals surface area contributed by atoms with E-state index in [1.807, 2.05) is 0 Å². The molecule has 2 aromatic heterocycles. The van der Waals surface area contributed by atoms with Gasteiger partial charge >= 0.3 is 6.18 Å². The van der Waals surface area contributed by atoms with Gasteiger partial charge < -0.3 is 5.32 Å². The average molecular weight is 303 g/mol. The van der Waals surface area contributed by atoms with E-state index in [-0.39, 0.29) is 16.4 Å². The Morgan fingerprint density at radius 1 is 1.35 bits per heavy atom. The van der Waals surface area contributed by atoms with E-state index in [1.54, 1.807) is 0 Å². The van der Waals surface area contributed by atoms with Gasteiger partial charge in [0.2, 0.25) is 0 Å². The molecule has 20 heavy (non-hydrogen) atoms. The van der Waals surface area contributed by atoms with Crippen molar-refractivity contribution in [2.75, 3.05) is 5.32 Å². The van der Waals surface area contributed by atoms with Crippen LogP contribution in [0.25, 0.3) is 0 Å².